The quantitative estimate of drug-likeness (QED) is 0.559. The van der Waals surface area contributed by atoms with Gasteiger partial charge < -0.3 is 15.1 Å². The smallest absolute Gasteiger partial charge is 0.238 e. The lowest BCUT2D eigenvalue weighted by Gasteiger charge is -2.41. The van der Waals surface area contributed by atoms with E-state index in [9.17, 15) is 9.59 Å². The van der Waals surface area contributed by atoms with Gasteiger partial charge in [-0.2, -0.15) is 4.98 Å². The molecule has 0 aliphatic carbocycles. The molecule has 1 aliphatic heterocycles. The van der Waals surface area contributed by atoms with Crippen LogP contribution in [0, 0.1) is 6.92 Å². The first-order valence-corrected chi connectivity index (χ1v) is 11.1. The number of amides is 2. The van der Waals surface area contributed by atoms with Crippen LogP contribution in [0.1, 0.15) is 24.5 Å². The third-order valence-electron chi connectivity index (χ3n) is 5.66. The molecule has 172 valence electrons. The van der Waals surface area contributed by atoms with E-state index in [4.69, 9.17) is 11.6 Å². The van der Waals surface area contributed by atoms with Crippen LogP contribution in [0.5, 0.6) is 0 Å². The van der Waals surface area contributed by atoms with Gasteiger partial charge in [0.2, 0.25) is 17.8 Å². The van der Waals surface area contributed by atoms with Gasteiger partial charge in [0.1, 0.15) is 17.3 Å². The lowest BCUT2D eigenvalue weighted by Crippen LogP contribution is -2.56. The van der Waals surface area contributed by atoms with Gasteiger partial charge in [-0.1, -0.05) is 41.4 Å². The van der Waals surface area contributed by atoms with E-state index < -0.39 is 0 Å². The summed E-state index contributed by atoms with van der Waals surface area (Å²) in [5.41, 5.74) is 2.21. The van der Waals surface area contributed by atoms with E-state index in [0.717, 1.165) is 5.56 Å². The molecule has 1 atom stereocenters. The van der Waals surface area contributed by atoms with Crippen LogP contribution in [0.2, 0.25) is 5.15 Å². The Labute approximate surface area is 197 Å². The molecule has 2 amide bonds. The average Bonchev–Trinajstić information content (AvgIpc) is 3.33. The van der Waals surface area contributed by atoms with Gasteiger partial charge in [0.15, 0.2) is 0 Å². The number of carbonyl (C=O) groups is 2. The second kappa shape index (κ2) is 9.99. The van der Waals surface area contributed by atoms with Crippen LogP contribution in [0.25, 0.3) is 5.95 Å². The Balaban J connectivity index is 1.52. The van der Waals surface area contributed by atoms with Gasteiger partial charge in [-0.3, -0.25) is 14.2 Å². The standard InChI is InChI=1S/C23H26ClN7O2/c1-16-3-5-18(6-4-16)13-26-22(33)11-19-14-29(17(2)32)9-10-31(19)21-12-20(24)27-23(28-21)30-8-7-25-15-30/h3-8,12,15,19H,9-11,13-14H2,1-2H3,(H,26,33). The SMILES string of the molecule is CC(=O)N1CCN(c2cc(Cl)nc(-n3ccnc3)n2)C(CC(=O)NCc2ccc(C)cc2)C1. The minimum Gasteiger partial charge on any atom is -0.352 e. The van der Waals surface area contributed by atoms with Crippen LogP contribution in [-0.2, 0) is 16.1 Å². The van der Waals surface area contributed by atoms with Gasteiger partial charge in [-0.05, 0) is 12.5 Å². The number of halogens is 1. The molecule has 10 heteroatoms. The summed E-state index contributed by atoms with van der Waals surface area (Å²) in [5, 5.41) is 3.28. The zero-order chi connectivity index (χ0) is 23.4. The van der Waals surface area contributed by atoms with Gasteiger partial charge in [0, 0.05) is 58.0 Å². The predicted molar refractivity (Wildman–Crippen MR) is 125 cm³/mol. The number of aryl methyl sites for hydroxylation is 1. The number of nitrogens with one attached hydrogen (secondary N) is 1. The zero-order valence-electron chi connectivity index (χ0n) is 18.6. The molecule has 0 saturated carbocycles. The van der Waals surface area contributed by atoms with Crippen molar-refractivity contribution < 1.29 is 9.59 Å². The lowest BCUT2D eigenvalue weighted by molar-refractivity contribution is -0.130. The highest BCUT2D eigenvalue weighted by molar-refractivity contribution is 6.29. The van der Waals surface area contributed by atoms with Crippen LogP contribution in [0.4, 0.5) is 5.82 Å². The van der Waals surface area contributed by atoms with Crippen molar-refractivity contribution in [3.05, 3.63) is 65.3 Å². The van der Waals surface area contributed by atoms with Crippen LogP contribution < -0.4 is 10.2 Å². The Morgan fingerprint density at radius 2 is 1.97 bits per heavy atom. The number of piperazine rings is 1. The molecule has 33 heavy (non-hydrogen) atoms. The van der Waals surface area contributed by atoms with Crippen LogP contribution in [0.15, 0.2) is 49.1 Å². The highest BCUT2D eigenvalue weighted by Crippen LogP contribution is 2.24. The fourth-order valence-corrected chi connectivity index (χ4v) is 4.02. The van der Waals surface area contributed by atoms with Gasteiger partial charge >= 0.3 is 0 Å². The van der Waals surface area contributed by atoms with Crippen LogP contribution in [-0.4, -0.2) is 61.9 Å². The summed E-state index contributed by atoms with van der Waals surface area (Å²) in [6.45, 7) is 5.52. The molecule has 1 saturated heterocycles. The van der Waals surface area contributed by atoms with Gasteiger partial charge in [0.05, 0.1) is 6.04 Å². The van der Waals surface area contributed by atoms with Crippen molar-refractivity contribution in [3.8, 4) is 5.95 Å². The number of hydrogen-bond donors (Lipinski definition) is 1. The van der Waals surface area contributed by atoms with Crippen molar-refractivity contribution in [1.29, 1.82) is 0 Å². The Morgan fingerprint density at radius 3 is 2.67 bits per heavy atom. The number of hydrogen-bond acceptors (Lipinski definition) is 6. The summed E-state index contributed by atoms with van der Waals surface area (Å²) in [4.78, 5) is 41.6. The first kappa shape index (κ1) is 22.7. The molecule has 0 bridgehead atoms. The molecule has 3 aromatic rings. The van der Waals surface area contributed by atoms with Crippen molar-refractivity contribution in [2.45, 2.75) is 32.9 Å². The minimum absolute atomic E-state index is 0.0143. The Morgan fingerprint density at radius 1 is 1.18 bits per heavy atom. The predicted octanol–water partition coefficient (Wildman–Crippen LogP) is 2.37. The largest absolute Gasteiger partial charge is 0.352 e. The number of anilines is 1. The second-order valence-electron chi connectivity index (χ2n) is 8.10. The maximum Gasteiger partial charge on any atom is 0.238 e. The summed E-state index contributed by atoms with van der Waals surface area (Å²) in [7, 11) is 0. The molecule has 1 unspecified atom stereocenters. The number of benzene rings is 1. The highest BCUT2D eigenvalue weighted by Gasteiger charge is 2.31. The molecule has 0 spiro atoms. The summed E-state index contributed by atoms with van der Waals surface area (Å²) < 4.78 is 1.67. The molecule has 2 aromatic heterocycles. The first-order chi connectivity index (χ1) is 15.9. The van der Waals surface area contributed by atoms with Crippen molar-refractivity contribution >= 4 is 29.2 Å². The molecule has 4 rings (SSSR count). The molecular formula is C23H26ClN7O2. The van der Waals surface area contributed by atoms with Crippen molar-refractivity contribution in [3.63, 3.8) is 0 Å². The molecule has 1 aromatic carbocycles. The summed E-state index contributed by atoms with van der Waals surface area (Å²) >= 11 is 6.29. The molecule has 1 N–H and O–H groups in total. The zero-order valence-corrected chi connectivity index (χ0v) is 19.4. The number of carbonyl (C=O) groups excluding carboxylic acids is 2. The maximum atomic E-state index is 12.8. The van der Waals surface area contributed by atoms with Crippen LogP contribution in [0.3, 0.4) is 0 Å². The van der Waals surface area contributed by atoms with Crippen molar-refractivity contribution in [2.24, 2.45) is 0 Å². The van der Waals surface area contributed by atoms with E-state index in [1.165, 1.54) is 5.56 Å². The van der Waals surface area contributed by atoms with E-state index in [2.05, 4.69) is 20.3 Å². The topological polar surface area (TPSA) is 96.2 Å². The van der Waals surface area contributed by atoms with E-state index in [-0.39, 0.29) is 24.3 Å². The molecule has 3 heterocycles. The van der Waals surface area contributed by atoms with Gasteiger partial charge in [-0.25, -0.2) is 9.97 Å². The third-order valence-corrected chi connectivity index (χ3v) is 5.85. The number of nitrogens with zero attached hydrogens (tertiary/aromatic N) is 6. The summed E-state index contributed by atoms with van der Waals surface area (Å²) in [6.07, 6.45) is 5.19. The fourth-order valence-electron chi connectivity index (χ4n) is 3.84. The molecule has 1 aliphatic rings. The number of imidazole rings is 1. The lowest BCUT2D eigenvalue weighted by atomic mass is 10.1. The van der Waals surface area contributed by atoms with E-state index in [0.29, 0.717) is 43.1 Å². The highest BCUT2D eigenvalue weighted by atomic mass is 35.5. The second-order valence-corrected chi connectivity index (χ2v) is 8.48. The average molecular weight is 468 g/mol. The van der Waals surface area contributed by atoms with Crippen LogP contribution >= 0.6 is 11.6 Å². The normalized spacial score (nSPS) is 16.0. The minimum atomic E-state index is -0.248. The van der Waals surface area contributed by atoms with E-state index >= 15 is 0 Å². The summed E-state index contributed by atoms with van der Waals surface area (Å²) in [5.74, 6) is 0.898. The van der Waals surface area contributed by atoms with Crippen molar-refractivity contribution in [1.82, 2.24) is 29.7 Å². The van der Waals surface area contributed by atoms with E-state index in [1.807, 2.05) is 36.1 Å². The molecular weight excluding hydrogens is 442 g/mol. The molecule has 0 radical (unpaired) electrons. The molecule has 9 nitrogen and oxygen atoms in total. The fraction of sp³-hybridized carbons (Fsp3) is 0.348. The summed E-state index contributed by atoms with van der Waals surface area (Å²) in [6, 6.07) is 9.48. The third kappa shape index (κ3) is 5.67. The Bertz CT molecular complexity index is 1120. The number of aromatic nitrogens is 4. The monoisotopic (exact) mass is 467 g/mol. The van der Waals surface area contributed by atoms with Crippen molar-refractivity contribution in [2.75, 3.05) is 24.5 Å². The number of rotatable bonds is 6. The first-order valence-electron chi connectivity index (χ1n) is 10.8. The molecule has 1 fully saturated rings. The van der Waals surface area contributed by atoms with E-state index in [1.54, 1.807) is 41.2 Å². The Hall–Kier alpha value is -3.46. The maximum absolute atomic E-state index is 12.8. The van der Waals surface area contributed by atoms with Gasteiger partial charge in [-0.15, -0.1) is 0 Å². The Kier molecular flexibility index (Phi) is 6.88. The van der Waals surface area contributed by atoms with Gasteiger partial charge in [0.25, 0.3) is 0 Å².